The summed E-state index contributed by atoms with van der Waals surface area (Å²) >= 11 is 0. The minimum Gasteiger partial charge on any atom is -0.495 e. The van der Waals surface area contributed by atoms with E-state index < -0.39 is 16.1 Å². The van der Waals surface area contributed by atoms with E-state index >= 15 is 0 Å². The molecular weight excluding hydrogens is 562 g/mol. The van der Waals surface area contributed by atoms with Gasteiger partial charge in [0.25, 0.3) is 0 Å². The van der Waals surface area contributed by atoms with Gasteiger partial charge in [0.1, 0.15) is 11.8 Å². The highest BCUT2D eigenvalue weighted by atomic mass is 32.2. The molecule has 0 aromatic heterocycles. The fourth-order valence-electron chi connectivity index (χ4n) is 5.71. The van der Waals surface area contributed by atoms with Gasteiger partial charge in [-0.2, -0.15) is 0 Å². The fourth-order valence-corrected chi connectivity index (χ4v) is 6.68. The molecule has 1 saturated carbocycles. The molecule has 0 saturated heterocycles. The monoisotopic (exact) mass is 605 g/mol. The van der Waals surface area contributed by atoms with Crippen LogP contribution in [0.1, 0.15) is 55.2 Å². The summed E-state index contributed by atoms with van der Waals surface area (Å²) in [7, 11) is -2.15. The molecule has 3 aromatic rings. The first kappa shape index (κ1) is 32.1. The number of sulfonamides is 1. The zero-order valence-corrected chi connectivity index (χ0v) is 26.2. The molecule has 1 aliphatic carbocycles. The minimum absolute atomic E-state index is 0.0784. The third-order valence-electron chi connectivity index (χ3n) is 8.08. The number of amides is 2. The van der Waals surface area contributed by atoms with Crippen molar-refractivity contribution in [1.82, 2.24) is 10.2 Å². The maximum absolute atomic E-state index is 14.1. The number of carbonyl (C=O) groups excluding carboxylic acids is 2. The van der Waals surface area contributed by atoms with Gasteiger partial charge in [0.15, 0.2) is 0 Å². The van der Waals surface area contributed by atoms with Crippen molar-refractivity contribution in [3.05, 3.63) is 95.6 Å². The second-order valence-corrected chi connectivity index (χ2v) is 13.2. The maximum atomic E-state index is 14.1. The van der Waals surface area contributed by atoms with Gasteiger partial charge in [-0.15, -0.1) is 0 Å². The Morgan fingerprint density at radius 1 is 0.953 bits per heavy atom. The van der Waals surface area contributed by atoms with Crippen LogP contribution in [0.15, 0.2) is 78.9 Å². The molecule has 9 heteroatoms. The molecule has 8 nitrogen and oxygen atoms in total. The van der Waals surface area contributed by atoms with E-state index in [1.54, 1.807) is 29.2 Å². The highest BCUT2D eigenvalue weighted by molar-refractivity contribution is 7.92. The molecule has 0 radical (unpaired) electrons. The molecule has 1 N–H and O–H groups in total. The Balaban J connectivity index is 1.60. The molecule has 230 valence electrons. The number of hydrogen-bond acceptors (Lipinski definition) is 5. The van der Waals surface area contributed by atoms with E-state index in [1.165, 1.54) is 11.4 Å². The molecule has 4 rings (SSSR count). The Morgan fingerprint density at radius 3 is 2.28 bits per heavy atom. The second kappa shape index (κ2) is 15.0. The summed E-state index contributed by atoms with van der Waals surface area (Å²) in [6.07, 6.45) is 5.94. The lowest BCUT2D eigenvalue weighted by Gasteiger charge is -2.33. The van der Waals surface area contributed by atoms with Gasteiger partial charge in [0.2, 0.25) is 21.8 Å². The highest BCUT2D eigenvalue weighted by Crippen LogP contribution is 2.30. The average Bonchev–Trinajstić information content (AvgIpc) is 3.51. The van der Waals surface area contributed by atoms with Crippen molar-refractivity contribution in [3.8, 4) is 5.75 Å². The Hall–Kier alpha value is -3.85. The van der Waals surface area contributed by atoms with Gasteiger partial charge < -0.3 is 15.0 Å². The Morgan fingerprint density at radius 2 is 1.60 bits per heavy atom. The van der Waals surface area contributed by atoms with Gasteiger partial charge in [0, 0.05) is 32.0 Å². The number of anilines is 1. The van der Waals surface area contributed by atoms with E-state index in [-0.39, 0.29) is 43.8 Å². The van der Waals surface area contributed by atoms with Crippen molar-refractivity contribution in [2.24, 2.45) is 0 Å². The molecule has 1 aliphatic rings. The van der Waals surface area contributed by atoms with Crippen LogP contribution in [0.3, 0.4) is 0 Å². The largest absolute Gasteiger partial charge is 0.495 e. The molecule has 0 aliphatic heterocycles. The summed E-state index contributed by atoms with van der Waals surface area (Å²) in [5, 5.41) is 3.23. The maximum Gasteiger partial charge on any atom is 0.243 e. The molecule has 0 bridgehead atoms. The van der Waals surface area contributed by atoms with Crippen LogP contribution in [0.2, 0.25) is 0 Å². The first-order valence-corrected chi connectivity index (χ1v) is 16.8. The average molecular weight is 606 g/mol. The van der Waals surface area contributed by atoms with Crippen LogP contribution >= 0.6 is 0 Å². The van der Waals surface area contributed by atoms with Crippen molar-refractivity contribution >= 4 is 27.5 Å². The van der Waals surface area contributed by atoms with E-state index in [0.717, 1.165) is 48.6 Å². The van der Waals surface area contributed by atoms with E-state index in [2.05, 4.69) is 5.32 Å². The summed E-state index contributed by atoms with van der Waals surface area (Å²) in [6, 6.07) is 24.0. The van der Waals surface area contributed by atoms with Crippen LogP contribution < -0.4 is 14.4 Å². The molecule has 2 amide bonds. The van der Waals surface area contributed by atoms with E-state index in [9.17, 15) is 18.0 Å². The van der Waals surface area contributed by atoms with Gasteiger partial charge >= 0.3 is 0 Å². The predicted molar refractivity (Wildman–Crippen MR) is 170 cm³/mol. The van der Waals surface area contributed by atoms with Crippen LogP contribution in [0.5, 0.6) is 5.75 Å². The van der Waals surface area contributed by atoms with Crippen LogP contribution in [-0.2, 0) is 32.6 Å². The molecule has 1 fully saturated rings. The van der Waals surface area contributed by atoms with Crippen molar-refractivity contribution in [1.29, 1.82) is 0 Å². The van der Waals surface area contributed by atoms with Crippen molar-refractivity contribution in [2.45, 2.75) is 70.5 Å². The first-order chi connectivity index (χ1) is 20.7. The first-order valence-electron chi connectivity index (χ1n) is 15.0. The highest BCUT2D eigenvalue weighted by Gasteiger charge is 2.32. The number of nitrogens with one attached hydrogen (secondary N) is 1. The van der Waals surface area contributed by atoms with Gasteiger partial charge in [-0.05, 0) is 55.0 Å². The summed E-state index contributed by atoms with van der Waals surface area (Å²) in [6.45, 7) is 2.38. The number of ether oxygens (including phenoxy) is 1. The molecule has 0 unspecified atom stereocenters. The standard InChI is InChI=1S/C34H43N3O5S/c1-26-14-7-8-17-28(26)25-36(31(24-27-15-5-4-6-16-27)34(39)35-29-18-9-10-19-29)33(38)22-13-23-37(43(3,40)41)30-20-11-12-21-32(30)42-2/h4-8,11-12,14-17,20-21,29,31H,9-10,13,18-19,22-25H2,1-3H3,(H,35,39)/t31-/m0/s1. The fraction of sp³-hybridized carbons (Fsp3) is 0.412. The van der Waals surface area contributed by atoms with Crippen LogP contribution in [-0.4, -0.2) is 57.1 Å². The number of hydrogen-bond donors (Lipinski definition) is 1. The Kier molecular flexibility index (Phi) is 11.2. The third kappa shape index (κ3) is 8.83. The quantitative estimate of drug-likeness (QED) is 0.271. The number of rotatable bonds is 14. The van der Waals surface area contributed by atoms with E-state index in [4.69, 9.17) is 4.74 Å². The molecular formula is C34H43N3O5S. The third-order valence-corrected chi connectivity index (χ3v) is 9.26. The molecule has 0 spiro atoms. The number of carbonyl (C=O) groups is 2. The minimum atomic E-state index is -3.64. The second-order valence-electron chi connectivity index (χ2n) is 11.3. The van der Waals surface area contributed by atoms with Gasteiger partial charge in [-0.25, -0.2) is 8.42 Å². The molecule has 43 heavy (non-hydrogen) atoms. The normalized spacial score (nSPS) is 14.2. The van der Waals surface area contributed by atoms with Gasteiger partial charge in [0.05, 0.1) is 19.1 Å². The van der Waals surface area contributed by atoms with Crippen molar-refractivity contribution in [3.63, 3.8) is 0 Å². The number of benzene rings is 3. The van der Waals surface area contributed by atoms with E-state index in [1.807, 2.05) is 61.5 Å². The SMILES string of the molecule is COc1ccccc1N(CCCC(=O)N(Cc1ccccc1C)[C@@H](Cc1ccccc1)C(=O)NC1CCCC1)S(C)(=O)=O. The molecule has 1 atom stereocenters. The van der Waals surface area contributed by atoms with Gasteiger partial charge in [-0.3, -0.25) is 13.9 Å². The van der Waals surface area contributed by atoms with Crippen LogP contribution in [0.4, 0.5) is 5.69 Å². The zero-order chi connectivity index (χ0) is 30.8. The predicted octanol–water partition coefficient (Wildman–Crippen LogP) is 5.25. The number of para-hydroxylation sites is 2. The zero-order valence-electron chi connectivity index (χ0n) is 25.4. The Labute approximate surface area is 256 Å². The smallest absolute Gasteiger partial charge is 0.243 e. The van der Waals surface area contributed by atoms with Gasteiger partial charge in [-0.1, -0.05) is 79.6 Å². The molecule has 3 aromatic carbocycles. The van der Waals surface area contributed by atoms with Crippen LogP contribution in [0, 0.1) is 6.92 Å². The van der Waals surface area contributed by atoms with Crippen molar-refractivity contribution in [2.75, 3.05) is 24.2 Å². The number of methoxy groups -OCH3 is 1. The van der Waals surface area contributed by atoms with Crippen LogP contribution in [0.25, 0.3) is 0 Å². The van der Waals surface area contributed by atoms with Crippen molar-refractivity contribution < 1.29 is 22.7 Å². The Bertz CT molecular complexity index is 1470. The summed E-state index contributed by atoms with van der Waals surface area (Å²) in [4.78, 5) is 29.7. The summed E-state index contributed by atoms with van der Waals surface area (Å²) in [5.74, 6) is 0.0932. The lowest BCUT2D eigenvalue weighted by molar-refractivity contribution is -0.141. The summed E-state index contributed by atoms with van der Waals surface area (Å²) < 4.78 is 32.2. The topological polar surface area (TPSA) is 96.0 Å². The van der Waals surface area contributed by atoms with E-state index in [0.29, 0.717) is 17.9 Å². The lowest BCUT2D eigenvalue weighted by atomic mass is 10.0. The molecule has 0 heterocycles. The number of aryl methyl sites for hydroxylation is 1. The number of nitrogens with zero attached hydrogens (tertiary/aromatic N) is 2. The summed E-state index contributed by atoms with van der Waals surface area (Å²) in [5.41, 5.74) is 3.40. The lowest BCUT2D eigenvalue weighted by Crippen LogP contribution is -2.52.